The van der Waals surface area contributed by atoms with Crippen LogP contribution in [0.3, 0.4) is 0 Å². The summed E-state index contributed by atoms with van der Waals surface area (Å²) >= 11 is 0. The molecule has 1 aliphatic heterocycles. The zero-order valence-corrected chi connectivity index (χ0v) is 18.6. The number of nitrogens with zero attached hydrogens (tertiary/aromatic N) is 2. The van der Waals surface area contributed by atoms with Crippen molar-refractivity contribution in [3.8, 4) is 0 Å². The second-order valence-electron chi connectivity index (χ2n) is 9.08. The van der Waals surface area contributed by atoms with Crippen molar-refractivity contribution in [3.05, 3.63) is 35.3 Å². The molecule has 0 bridgehead atoms. The van der Waals surface area contributed by atoms with Gasteiger partial charge in [0.15, 0.2) is 0 Å². The standard InChI is InChI=1S/C23H28F4N4O2/c1-13-3-6-18(24)16-12-19(29-21(13)16)22(33)28-15-4-5-17(23(25,26)27)20(11-15)31-9-7-30(8-10-31)14(2)32/h3,6,12,15,17,20,29H,4-5,7-11H2,1-2H3,(H,28,33)/t15-,17?,20-/m1/s1. The van der Waals surface area contributed by atoms with Crippen LogP contribution in [0.5, 0.6) is 0 Å². The fourth-order valence-corrected chi connectivity index (χ4v) is 5.14. The number of halogens is 4. The average molecular weight is 468 g/mol. The molecule has 1 aromatic heterocycles. The SMILES string of the molecule is CC(=O)N1CCN([C@@H]2C[C@H](NC(=O)c3cc4c(F)ccc(C)c4[nH]3)CCC2C(F)(F)F)CC1. The number of piperazine rings is 1. The second kappa shape index (κ2) is 8.96. The van der Waals surface area contributed by atoms with Crippen LogP contribution in [0.25, 0.3) is 10.9 Å². The maximum Gasteiger partial charge on any atom is 0.393 e. The summed E-state index contributed by atoms with van der Waals surface area (Å²) < 4.78 is 55.4. The van der Waals surface area contributed by atoms with Crippen LogP contribution in [-0.2, 0) is 4.79 Å². The molecule has 2 N–H and O–H groups in total. The number of aromatic amines is 1. The van der Waals surface area contributed by atoms with Crippen molar-refractivity contribution in [2.45, 2.75) is 51.4 Å². The highest BCUT2D eigenvalue weighted by Crippen LogP contribution is 2.40. The first-order chi connectivity index (χ1) is 15.5. The molecule has 33 heavy (non-hydrogen) atoms. The Hall–Kier alpha value is -2.62. The van der Waals surface area contributed by atoms with Gasteiger partial charge in [0.25, 0.3) is 5.91 Å². The van der Waals surface area contributed by atoms with Gasteiger partial charge in [0.2, 0.25) is 5.91 Å². The van der Waals surface area contributed by atoms with E-state index >= 15 is 0 Å². The van der Waals surface area contributed by atoms with Gasteiger partial charge in [0, 0.05) is 50.6 Å². The molecule has 1 unspecified atom stereocenters. The summed E-state index contributed by atoms with van der Waals surface area (Å²) in [4.78, 5) is 30.8. The highest BCUT2D eigenvalue weighted by molar-refractivity contribution is 5.99. The van der Waals surface area contributed by atoms with E-state index in [9.17, 15) is 27.2 Å². The van der Waals surface area contributed by atoms with E-state index in [1.165, 1.54) is 19.1 Å². The summed E-state index contributed by atoms with van der Waals surface area (Å²) in [6, 6.07) is 3.20. The zero-order chi connectivity index (χ0) is 23.9. The predicted octanol–water partition coefficient (Wildman–Crippen LogP) is 3.61. The molecule has 0 spiro atoms. The number of alkyl halides is 3. The minimum atomic E-state index is -4.33. The Morgan fingerprint density at radius 2 is 1.82 bits per heavy atom. The topological polar surface area (TPSA) is 68.4 Å². The number of hydrogen-bond acceptors (Lipinski definition) is 3. The first-order valence-electron chi connectivity index (χ1n) is 11.2. The Morgan fingerprint density at radius 1 is 1.12 bits per heavy atom. The van der Waals surface area contributed by atoms with E-state index in [1.54, 1.807) is 22.8 Å². The van der Waals surface area contributed by atoms with Crippen molar-refractivity contribution in [1.82, 2.24) is 20.1 Å². The van der Waals surface area contributed by atoms with Crippen molar-refractivity contribution in [2.24, 2.45) is 5.92 Å². The smallest absolute Gasteiger partial charge is 0.350 e. The van der Waals surface area contributed by atoms with Crippen molar-refractivity contribution in [2.75, 3.05) is 26.2 Å². The van der Waals surface area contributed by atoms with Crippen LogP contribution in [-0.4, -0.2) is 71.0 Å². The fraction of sp³-hybridized carbons (Fsp3) is 0.565. The number of nitrogens with one attached hydrogen (secondary N) is 2. The summed E-state index contributed by atoms with van der Waals surface area (Å²) in [6.45, 7) is 4.80. The zero-order valence-electron chi connectivity index (χ0n) is 18.6. The third-order valence-corrected chi connectivity index (χ3v) is 6.99. The first-order valence-corrected chi connectivity index (χ1v) is 11.2. The molecule has 2 heterocycles. The molecule has 1 aliphatic carbocycles. The fourth-order valence-electron chi connectivity index (χ4n) is 5.14. The van der Waals surface area contributed by atoms with Crippen molar-refractivity contribution < 1.29 is 27.2 Å². The van der Waals surface area contributed by atoms with Crippen LogP contribution in [0, 0.1) is 18.7 Å². The van der Waals surface area contributed by atoms with Gasteiger partial charge < -0.3 is 15.2 Å². The highest BCUT2D eigenvalue weighted by Gasteiger charge is 2.49. The minimum Gasteiger partial charge on any atom is -0.350 e. The predicted molar refractivity (Wildman–Crippen MR) is 115 cm³/mol. The van der Waals surface area contributed by atoms with E-state index in [4.69, 9.17) is 0 Å². The van der Waals surface area contributed by atoms with Crippen LogP contribution in [0.4, 0.5) is 17.6 Å². The van der Waals surface area contributed by atoms with E-state index in [1.807, 2.05) is 0 Å². The molecular weight excluding hydrogens is 440 g/mol. The lowest BCUT2D eigenvalue weighted by Gasteiger charge is -2.46. The second-order valence-corrected chi connectivity index (χ2v) is 9.08. The van der Waals surface area contributed by atoms with Gasteiger partial charge in [-0.1, -0.05) is 6.07 Å². The Balaban J connectivity index is 1.48. The van der Waals surface area contributed by atoms with Crippen LogP contribution >= 0.6 is 0 Å². The summed E-state index contributed by atoms with van der Waals surface area (Å²) in [5, 5.41) is 3.16. The molecule has 180 valence electrons. The molecule has 6 nitrogen and oxygen atoms in total. The summed E-state index contributed by atoms with van der Waals surface area (Å²) in [6.07, 6.45) is -4.02. The van der Waals surface area contributed by atoms with Crippen LogP contribution < -0.4 is 5.32 Å². The average Bonchev–Trinajstić information content (AvgIpc) is 3.23. The number of aryl methyl sites for hydroxylation is 1. The molecule has 2 aromatic rings. The number of H-pyrrole nitrogens is 1. The van der Waals surface area contributed by atoms with Crippen molar-refractivity contribution >= 4 is 22.7 Å². The molecule has 10 heteroatoms. The lowest BCUT2D eigenvalue weighted by Crippen LogP contribution is -2.58. The van der Waals surface area contributed by atoms with Crippen molar-refractivity contribution in [3.63, 3.8) is 0 Å². The molecule has 2 aliphatic rings. The van der Waals surface area contributed by atoms with Gasteiger partial charge in [-0.05, 0) is 43.9 Å². The summed E-state index contributed by atoms with van der Waals surface area (Å²) in [5.74, 6) is -2.46. The molecule has 3 atom stereocenters. The number of carbonyl (C=O) groups is 2. The van der Waals surface area contributed by atoms with Gasteiger partial charge in [-0.15, -0.1) is 0 Å². The Labute approximate surface area is 189 Å². The lowest BCUT2D eigenvalue weighted by atomic mass is 9.80. The van der Waals surface area contributed by atoms with Gasteiger partial charge in [-0.25, -0.2) is 4.39 Å². The number of carbonyl (C=O) groups excluding carboxylic acids is 2. The molecule has 1 aromatic carbocycles. The Kier molecular flexibility index (Phi) is 6.39. The maximum absolute atomic E-state index is 14.1. The largest absolute Gasteiger partial charge is 0.393 e. The normalized spacial score (nSPS) is 24.8. The Morgan fingerprint density at radius 3 is 2.42 bits per heavy atom. The molecular formula is C23H28F4N4O2. The lowest BCUT2D eigenvalue weighted by molar-refractivity contribution is -0.202. The highest BCUT2D eigenvalue weighted by atomic mass is 19.4. The van der Waals surface area contributed by atoms with E-state index in [0.29, 0.717) is 37.1 Å². The molecule has 1 saturated heterocycles. The van der Waals surface area contributed by atoms with E-state index in [2.05, 4.69) is 10.3 Å². The number of hydrogen-bond donors (Lipinski definition) is 2. The first kappa shape index (κ1) is 23.5. The van der Waals surface area contributed by atoms with Crippen molar-refractivity contribution in [1.29, 1.82) is 0 Å². The third-order valence-electron chi connectivity index (χ3n) is 6.99. The molecule has 1 saturated carbocycles. The van der Waals surface area contributed by atoms with Crippen LogP contribution in [0.1, 0.15) is 42.2 Å². The minimum absolute atomic E-state index is 0.0769. The molecule has 4 rings (SSSR count). The molecule has 0 radical (unpaired) electrons. The van der Waals surface area contributed by atoms with E-state index < -0.39 is 35.9 Å². The quantitative estimate of drug-likeness (QED) is 0.677. The molecule has 2 amide bonds. The molecule has 2 fully saturated rings. The number of fused-ring (bicyclic) bond motifs is 1. The number of rotatable bonds is 3. The van der Waals surface area contributed by atoms with E-state index in [-0.39, 0.29) is 30.9 Å². The number of benzene rings is 1. The number of amides is 2. The summed E-state index contributed by atoms with van der Waals surface area (Å²) in [5.41, 5.74) is 1.51. The van der Waals surface area contributed by atoms with E-state index in [0.717, 1.165) is 5.56 Å². The summed E-state index contributed by atoms with van der Waals surface area (Å²) in [7, 11) is 0. The van der Waals surface area contributed by atoms with Gasteiger partial charge >= 0.3 is 6.18 Å². The van der Waals surface area contributed by atoms with Gasteiger partial charge in [0.05, 0.1) is 11.4 Å². The van der Waals surface area contributed by atoms with Crippen LogP contribution in [0.15, 0.2) is 18.2 Å². The van der Waals surface area contributed by atoms with Gasteiger partial charge in [-0.2, -0.15) is 13.2 Å². The monoisotopic (exact) mass is 468 g/mol. The number of aromatic nitrogens is 1. The Bertz CT molecular complexity index is 1000. The van der Waals surface area contributed by atoms with Gasteiger partial charge in [0.1, 0.15) is 11.5 Å². The van der Waals surface area contributed by atoms with Crippen LogP contribution in [0.2, 0.25) is 0 Å². The van der Waals surface area contributed by atoms with Gasteiger partial charge in [-0.3, -0.25) is 14.5 Å². The third kappa shape index (κ3) is 4.85. The maximum atomic E-state index is 14.1.